The summed E-state index contributed by atoms with van der Waals surface area (Å²) >= 11 is 0. The molecule has 1 atom stereocenters. The number of carbonyl (C=O) groups excluding carboxylic acids is 1. The Morgan fingerprint density at radius 1 is 1.33 bits per heavy atom. The van der Waals surface area contributed by atoms with E-state index in [1.54, 1.807) is 0 Å². The predicted molar refractivity (Wildman–Crippen MR) is 93.1 cm³/mol. The van der Waals surface area contributed by atoms with E-state index in [0.717, 1.165) is 44.6 Å². The monoisotopic (exact) mass is 336 g/mol. The van der Waals surface area contributed by atoms with Gasteiger partial charge in [0.1, 0.15) is 0 Å². The first-order valence-electron chi connectivity index (χ1n) is 9.08. The summed E-state index contributed by atoms with van der Waals surface area (Å²) in [7, 11) is 0. The van der Waals surface area contributed by atoms with Gasteiger partial charge in [0.05, 0.1) is 11.6 Å². The maximum atomic E-state index is 11.4. The van der Waals surface area contributed by atoms with E-state index >= 15 is 0 Å². The van der Waals surface area contributed by atoms with Crippen LogP contribution in [0.25, 0.3) is 0 Å². The molecule has 136 valence electrons. The summed E-state index contributed by atoms with van der Waals surface area (Å²) in [5.41, 5.74) is 5.36. The fourth-order valence-electron chi connectivity index (χ4n) is 3.34. The Morgan fingerprint density at radius 3 is 2.46 bits per heavy atom. The van der Waals surface area contributed by atoms with Crippen molar-refractivity contribution in [2.75, 3.05) is 13.1 Å². The minimum absolute atomic E-state index is 0.00373. The number of nitrogens with zero attached hydrogens (tertiary/aromatic N) is 5. The first-order chi connectivity index (χ1) is 11.3. The minimum atomic E-state index is -0.174. The second kappa shape index (κ2) is 7.59. The zero-order valence-corrected chi connectivity index (χ0v) is 15.7. The lowest BCUT2D eigenvalue weighted by atomic mass is 9.92. The van der Waals surface area contributed by atoms with Crippen molar-refractivity contribution in [1.82, 2.24) is 25.1 Å². The van der Waals surface area contributed by atoms with E-state index < -0.39 is 0 Å². The van der Waals surface area contributed by atoms with Crippen molar-refractivity contribution in [1.29, 1.82) is 0 Å². The normalized spacial score (nSPS) is 18.9. The van der Waals surface area contributed by atoms with E-state index in [1.165, 1.54) is 0 Å². The van der Waals surface area contributed by atoms with Crippen LogP contribution in [0.2, 0.25) is 0 Å². The van der Waals surface area contributed by atoms with Crippen molar-refractivity contribution in [3.8, 4) is 0 Å². The molecule has 1 saturated heterocycles. The topological polar surface area (TPSA) is 89.9 Å². The molecular weight excluding hydrogens is 304 g/mol. The van der Waals surface area contributed by atoms with Crippen molar-refractivity contribution in [3.63, 3.8) is 0 Å². The number of nitrogens with two attached hydrogens (primary N) is 1. The highest BCUT2D eigenvalue weighted by Crippen LogP contribution is 2.32. The van der Waals surface area contributed by atoms with Crippen LogP contribution in [0.5, 0.6) is 0 Å². The number of hydrogen-bond acceptors (Lipinski definition) is 5. The molecule has 0 bridgehead atoms. The fourth-order valence-corrected chi connectivity index (χ4v) is 3.34. The van der Waals surface area contributed by atoms with Gasteiger partial charge in [-0.25, -0.2) is 4.68 Å². The van der Waals surface area contributed by atoms with Gasteiger partial charge in [-0.1, -0.05) is 20.8 Å². The Kier molecular flexibility index (Phi) is 5.96. The summed E-state index contributed by atoms with van der Waals surface area (Å²) < 4.78 is 1.99. The van der Waals surface area contributed by atoms with Crippen molar-refractivity contribution in [2.24, 2.45) is 17.6 Å². The van der Waals surface area contributed by atoms with Crippen molar-refractivity contribution in [2.45, 2.75) is 71.9 Å². The van der Waals surface area contributed by atoms with Crippen LogP contribution in [0.15, 0.2) is 0 Å². The lowest BCUT2D eigenvalue weighted by molar-refractivity contribution is -0.123. The number of carbonyl (C=O) groups is 1. The lowest BCUT2D eigenvalue weighted by Crippen LogP contribution is -2.42. The number of primary amides is 1. The predicted octanol–water partition coefficient (Wildman–Crippen LogP) is 2.10. The highest BCUT2D eigenvalue weighted by molar-refractivity contribution is 5.76. The molecule has 1 aromatic rings. The Bertz CT molecular complexity index is 545. The second-order valence-electron chi connectivity index (χ2n) is 7.97. The summed E-state index contributed by atoms with van der Waals surface area (Å²) in [5, 5.41) is 12.6. The van der Waals surface area contributed by atoms with Crippen molar-refractivity contribution in [3.05, 3.63) is 5.82 Å². The quantitative estimate of drug-likeness (QED) is 0.823. The molecule has 0 saturated carbocycles. The second-order valence-corrected chi connectivity index (χ2v) is 7.97. The fraction of sp³-hybridized carbons (Fsp3) is 0.882. The molecule has 7 heteroatoms. The van der Waals surface area contributed by atoms with Gasteiger partial charge < -0.3 is 5.73 Å². The Balaban J connectivity index is 2.25. The van der Waals surface area contributed by atoms with Gasteiger partial charge in [0.25, 0.3) is 0 Å². The Morgan fingerprint density at radius 2 is 1.96 bits per heavy atom. The molecule has 2 N–H and O–H groups in total. The van der Waals surface area contributed by atoms with Crippen LogP contribution in [-0.4, -0.2) is 44.1 Å². The zero-order valence-electron chi connectivity index (χ0n) is 15.7. The van der Waals surface area contributed by atoms with Gasteiger partial charge in [-0.15, -0.1) is 5.10 Å². The third kappa shape index (κ3) is 4.12. The number of likely N-dealkylation sites (tertiary alicyclic amines) is 1. The molecule has 0 aliphatic carbocycles. The number of amides is 1. The minimum Gasteiger partial charge on any atom is -0.369 e. The molecule has 1 fully saturated rings. The van der Waals surface area contributed by atoms with E-state index in [9.17, 15) is 4.79 Å². The Hall–Kier alpha value is -1.50. The molecule has 0 aromatic carbocycles. The summed E-state index contributed by atoms with van der Waals surface area (Å²) in [4.78, 5) is 13.9. The molecule has 0 spiro atoms. The van der Waals surface area contributed by atoms with E-state index in [0.29, 0.717) is 5.92 Å². The third-order valence-corrected chi connectivity index (χ3v) is 5.30. The van der Waals surface area contributed by atoms with Crippen LogP contribution >= 0.6 is 0 Å². The highest BCUT2D eigenvalue weighted by Gasteiger charge is 2.34. The summed E-state index contributed by atoms with van der Waals surface area (Å²) in [6.07, 6.45) is 3.61. The molecule has 2 rings (SSSR count). The number of piperidine rings is 1. The molecule has 0 unspecified atom stereocenters. The first kappa shape index (κ1) is 18.8. The Labute approximate surface area is 145 Å². The number of tetrazole rings is 1. The molecule has 1 aliphatic heterocycles. The van der Waals surface area contributed by atoms with Crippen LogP contribution in [0.4, 0.5) is 0 Å². The van der Waals surface area contributed by atoms with Gasteiger partial charge in [0.15, 0.2) is 5.82 Å². The van der Waals surface area contributed by atoms with E-state index in [4.69, 9.17) is 5.73 Å². The molecule has 1 amide bonds. The van der Waals surface area contributed by atoms with Crippen LogP contribution in [0.1, 0.15) is 72.2 Å². The van der Waals surface area contributed by atoms with E-state index in [-0.39, 0.29) is 23.4 Å². The van der Waals surface area contributed by atoms with Gasteiger partial charge in [-0.3, -0.25) is 9.69 Å². The number of aromatic nitrogens is 4. The van der Waals surface area contributed by atoms with E-state index in [2.05, 4.69) is 55.0 Å². The van der Waals surface area contributed by atoms with Gasteiger partial charge in [0.2, 0.25) is 5.91 Å². The lowest BCUT2D eigenvalue weighted by Gasteiger charge is -2.38. The van der Waals surface area contributed by atoms with Crippen molar-refractivity contribution >= 4 is 5.91 Å². The SMILES string of the molecule is CCC(C)(C)n1nnnc1[C@@H](CC(C)C)N1CCC(C(N)=O)CC1. The molecule has 2 heterocycles. The molecule has 24 heavy (non-hydrogen) atoms. The summed E-state index contributed by atoms with van der Waals surface area (Å²) in [5.74, 6) is 1.31. The molecule has 0 radical (unpaired) electrons. The van der Waals surface area contributed by atoms with E-state index in [1.807, 2.05) is 4.68 Å². The zero-order chi connectivity index (χ0) is 17.9. The van der Waals surface area contributed by atoms with Gasteiger partial charge in [-0.05, 0) is 69.0 Å². The standard InChI is InChI=1S/C17H32N6O/c1-6-17(4,5)23-16(19-20-21-23)14(11-12(2)3)22-9-7-13(8-10-22)15(18)24/h12-14H,6-11H2,1-5H3,(H2,18,24)/t14-/m1/s1. The maximum absolute atomic E-state index is 11.4. The maximum Gasteiger partial charge on any atom is 0.220 e. The first-order valence-corrected chi connectivity index (χ1v) is 9.08. The van der Waals surface area contributed by atoms with Crippen LogP contribution in [-0.2, 0) is 10.3 Å². The van der Waals surface area contributed by atoms with Crippen LogP contribution in [0.3, 0.4) is 0 Å². The smallest absolute Gasteiger partial charge is 0.220 e. The summed E-state index contributed by atoms with van der Waals surface area (Å²) in [6, 6.07) is 0.180. The van der Waals surface area contributed by atoms with Crippen LogP contribution < -0.4 is 5.73 Å². The highest BCUT2D eigenvalue weighted by atomic mass is 16.1. The van der Waals surface area contributed by atoms with Gasteiger partial charge in [0, 0.05) is 5.92 Å². The largest absolute Gasteiger partial charge is 0.369 e. The van der Waals surface area contributed by atoms with Gasteiger partial charge in [-0.2, -0.15) is 0 Å². The number of rotatable bonds is 7. The van der Waals surface area contributed by atoms with Crippen LogP contribution in [0, 0.1) is 11.8 Å². The van der Waals surface area contributed by atoms with Gasteiger partial charge >= 0.3 is 0 Å². The molecule has 1 aromatic heterocycles. The molecule has 1 aliphatic rings. The third-order valence-electron chi connectivity index (χ3n) is 5.30. The average Bonchev–Trinajstić information content (AvgIpc) is 3.02. The average molecular weight is 336 g/mol. The summed E-state index contributed by atoms with van der Waals surface area (Å²) in [6.45, 7) is 12.7. The molecule has 7 nitrogen and oxygen atoms in total. The van der Waals surface area contributed by atoms with Crippen molar-refractivity contribution < 1.29 is 4.79 Å². The molecular formula is C17H32N6O. The number of hydrogen-bond donors (Lipinski definition) is 1.